The van der Waals surface area contributed by atoms with Crippen LogP contribution in [0.5, 0.6) is 0 Å². The molecule has 3 rings (SSSR count). The Kier molecular flexibility index (Phi) is 7.65. The van der Waals surface area contributed by atoms with Crippen molar-refractivity contribution in [3.05, 3.63) is 59.2 Å². The smallest absolute Gasteiger partial charge is 0.166 e. The van der Waals surface area contributed by atoms with Crippen LogP contribution in [-0.2, 0) is 12.8 Å². The van der Waals surface area contributed by atoms with E-state index in [2.05, 4.69) is 13.8 Å². The van der Waals surface area contributed by atoms with Crippen LogP contribution in [0.1, 0.15) is 76.3 Å². The lowest BCUT2D eigenvalue weighted by molar-refractivity contribution is 0.251. The van der Waals surface area contributed by atoms with E-state index in [1.165, 1.54) is 44.1 Å². The van der Waals surface area contributed by atoms with Crippen molar-refractivity contribution >= 4 is 0 Å². The molecule has 1 fully saturated rings. The van der Waals surface area contributed by atoms with E-state index in [0.717, 1.165) is 30.7 Å². The lowest BCUT2D eigenvalue weighted by atomic mass is 9.78. The van der Waals surface area contributed by atoms with Crippen LogP contribution in [0.2, 0.25) is 0 Å². The maximum atomic E-state index is 14.7. The standard InChI is InChI=1S/C26H34F2/c1-3-5-19-7-9-21(10-8-19)13-16-23-17-18-24(26(28)25(23)27)22-14-11-20(6-4-2)12-15-22/h11-12,14-15,17-19,21H,3-10,13,16H2,1-2H3. The molecule has 0 atom stereocenters. The number of rotatable bonds is 8. The van der Waals surface area contributed by atoms with Crippen LogP contribution in [0.4, 0.5) is 8.78 Å². The molecule has 0 bridgehead atoms. The molecule has 2 aromatic carbocycles. The maximum absolute atomic E-state index is 14.7. The van der Waals surface area contributed by atoms with E-state index in [1.807, 2.05) is 24.3 Å². The summed E-state index contributed by atoms with van der Waals surface area (Å²) in [5.74, 6) is 0.196. The van der Waals surface area contributed by atoms with Gasteiger partial charge >= 0.3 is 0 Å². The first-order valence-corrected chi connectivity index (χ1v) is 11.2. The molecule has 1 saturated carbocycles. The van der Waals surface area contributed by atoms with Crippen molar-refractivity contribution in [1.29, 1.82) is 0 Å². The van der Waals surface area contributed by atoms with Gasteiger partial charge in [-0.05, 0) is 47.8 Å². The minimum atomic E-state index is -0.701. The van der Waals surface area contributed by atoms with Crippen LogP contribution >= 0.6 is 0 Å². The summed E-state index contributed by atoms with van der Waals surface area (Å²) in [6.07, 6.45) is 11.4. The topological polar surface area (TPSA) is 0 Å². The lowest BCUT2D eigenvalue weighted by Crippen LogP contribution is -2.15. The van der Waals surface area contributed by atoms with Gasteiger partial charge in [-0.25, -0.2) is 8.78 Å². The molecule has 1 aliphatic carbocycles. The molecule has 0 aliphatic heterocycles. The summed E-state index contributed by atoms with van der Waals surface area (Å²) < 4.78 is 29.4. The summed E-state index contributed by atoms with van der Waals surface area (Å²) in [4.78, 5) is 0. The van der Waals surface area contributed by atoms with Gasteiger partial charge in [0, 0.05) is 5.56 Å². The summed E-state index contributed by atoms with van der Waals surface area (Å²) in [5, 5.41) is 0. The first kappa shape index (κ1) is 21.0. The number of aryl methyl sites for hydroxylation is 2. The molecule has 2 aromatic rings. The average Bonchev–Trinajstić information content (AvgIpc) is 2.71. The third-order valence-electron chi connectivity index (χ3n) is 6.45. The van der Waals surface area contributed by atoms with Gasteiger partial charge in [0.25, 0.3) is 0 Å². The van der Waals surface area contributed by atoms with Crippen molar-refractivity contribution < 1.29 is 8.78 Å². The molecule has 0 nitrogen and oxygen atoms in total. The molecule has 0 radical (unpaired) electrons. The second-order valence-electron chi connectivity index (χ2n) is 8.56. The minimum absolute atomic E-state index is 0.365. The Hall–Kier alpha value is -1.70. The molecule has 28 heavy (non-hydrogen) atoms. The van der Waals surface area contributed by atoms with Crippen LogP contribution in [0, 0.1) is 23.5 Å². The number of hydrogen-bond acceptors (Lipinski definition) is 0. The fourth-order valence-electron chi connectivity index (χ4n) is 4.72. The highest BCUT2D eigenvalue weighted by Gasteiger charge is 2.21. The molecule has 0 saturated heterocycles. The monoisotopic (exact) mass is 384 g/mol. The second-order valence-corrected chi connectivity index (χ2v) is 8.56. The molecule has 0 unspecified atom stereocenters. The second kappa shape index (κ2) is 10.2. The normalized spacial score (nSPS) is 19.7. The van der Waals surface area contributed by atoms with Gasteiger partial charge in [0.2, 0.25) is 0 Å². The highest BCUT2D eigenvalue weighted by molar-refractivity contribution is 5.65. The Balaban J connectivity index is 1.62. The Morgan fingerprint density at radius 1 is 0.714 bits per heavy atom. The average molecular weight is 385 g/mol. The Bertz CT molecular complexity index is 740. The largest absolute Gasteiger partial charge is 0.203 e. The summed E-state index contributed by atoms with van der Waals surface area (Å²) in [6.45, 7) is 4.39. The molecule has 0 aromatic heterocycles. The van der Waals surface area contributed by atoms with Crippen molar-refractivity contribution in [2.45, 2.75) is 78.1 Å². The number of halogens is 2. The minimum Gasteiger partial charge on any atom is -0.203 e. The predicted molar refractivity (Wildman–Crippen MR) is 114 cm³/mol. The first-order chi connectivity index (χ1) is 13.6. The SMILES string of the molecule is CCCc1ccc(-c2ccc(CCC3CCC(CCC)CC3)c(F)c2F)cc1. The number of hydrogen-bond donors (Lipinski definition) is 0. The van der Waals surface area contributed by atoms with Gasteiger partial charge in [-0.15, -0.1) is 0 Å². The highest BCUT2D eigenvalue weighted by atomic mass is 19.2. The summed E-state index contributed by atoms with van der Waals surface area (Å²) in [5.41, 5.74) is 2.87. The van der Waals surface area contributed by atoms with Crippen molar-refractivity contribution in [3.8, 4) is 11.1 Å². The number of benzene rings is 2. The van der Waals surface area contributed by atoms with E-state index in [0.29, 0.717) is 23.5 Å². The van der Waals surface area contributed by atoms with Crippen molar-refractivity contribution in [3.63, 3.8) is 0 Å². The van der Waals surface area contributed by atoms with Crippen molar-refractivity contribution in [2.75, 3.05) is 0 Å². The van der Waals surface area contributed by atoms with Crippen molar-refractivity contribution in [2.24, 2.45) is 11.8 Å². The zero-order valence-electron chi connectivity index (χ0n) is 17.4. The van der Waals surface area contributed by atoms with Crippen LogP contribution in [0.3, 0.4) is 0 Å². The molecule has 0 amide bonds. The molecule has 1 aliphatic rings. The van der Waals surface area contributed by atoms with E-state index in [9.17, 15) is 8.78 Å². The van der Waals surface area contributed by atoms with E-state index in [-0.39, 0.29) is 0 Å². The third kappa shape index (κ3) is 5.21. The van der Waals surface area contributed by atoms with Gasteiger partial charge in [0.15, 0.2) is 11.6 Å². The fraction of sp³-hybridized carbons (Fsp3) is 0.538. The Morgan fingerprint density at radius 2 is 1.36 bits per heavy atom. The van der Waals surface area contributed by atoms with Gasteiger partial charge in [0.1, 0.15) is 0 Å². The van der Waals surface area contributed by atoms with Crippen LogP contribution in [-0.4, -0.2) is 0 Å². The molecular formula is C26H34F2. The van der Waals surface area contributed by atoms with Gasteiger partial charge in [-0.2, -0.15) is 0 Å². The lowest BCUT2D eigenvalue weighted by Gasteiger charge is -2.28. The van der Waals surface area contributed by atoms with Gasteiger partial charge in [-0.3, -0.25) is 0 Å². The maximum Gasteiger partial charge on any atom is 0.166 e. The van der Waals surface area contributed by atoms with Crippen LogP contribution in [0.25, 0.3) is 11.1 Å². The molecule has 152 valence electrons. The van der Waals surface area contributed by atoms with E-state index in [4.69, 9.17) is 0 Å². The molecular weight excluding hydrogens is 350 g/mol. The first-order valence-electron chi connectivity index (χ1n) is 11.2. The van der Waals surface area contributed by atoms with E-state index >= 15 is 0 Å². The van der Waals surface area contributed by atoms with Crippen LogP contribution < -0.4 is 0 Å². The Labute approximate surface area is 169 Å². The van der Waals surface area contributed by atoms with Crippen molar-refractivity contribution in [1.82, 2.24) is 0 Å². The molecule has 0 heterocycles. The van der Waals surface area contributed by atoms with Crippen LogP contribution in [0.15, 0.2) is 36.4 Å². The van der Waals surface area contributed by atoms with Gasteiger partial charge < -0.3 is 0 Å². The highest BCUT2D eigenvalue weighted by Crippen LogP contribution is 2.34. The third-order valence-corrected chi connectivity index (χ3v) is 6.45. The zero-order chi connectivity index (χ0) is 19.9. The molecule has 2 heteroatoms. The van der Waals surface area contributed by atoms with E-state index < -0.39 is 11.6 Å². The quantitative estimate of drug-likeness (QED) is 0.431. The van der Waals surface area contributed by atoms with E-state index in [1.54, 1.807) is 12.1 Å². The van der Waals surface area contributed by atoms with Gasteiger partial charge in [0.05, 0.1) is 0 Å². The fourth-order valence-corrected chi connectivity index (χ4v) is 4.72. The molecule has 0 N–H and O–H groups in total. The molecule has 0 spiro atoms. The van der Waals surface area contributed by atoms with Gasteiger partial charge in [-0.1, -0.05) is 95.2 Å². The predicted octanol–water partition coefficient (Wildman–Crippen LogP) is 8.12. The summed E-state index contributed by atoms with van der Waals surface area (Å²) >= 11 is 0. The Morgan fingerprint density at radius 3 is 1.96 bits per heavy atom. The summed E-state index contributed by atoms with van der Waals surface area (Å²) in [7, 11) is 0. The zero-order valence-corrected chi connectivity index (χ0v) is 17.4. The summed E-state index contributed by atoms with van der Waals surface area (Å²) in [6, 6.07) is 11.4.